The largest absolute Gasteiger partial charge is 0.254 e. The Bertz CT molecular complexity index is 1030. The van der Waals surface area contributed by atoms with Crippen molar-refractivity contribution >= 4 is 22.6 Å². The van der Waals surface area contributed by atoms with Gasteiger partial charge in [0.05, 0.1) is 10.8 Å². The molecule has 2 aromatic carbocycles. The molecule has 0 amide bonds. The molecule has 0 fully saturated rings. The number of thioether (sulfide) groups is 1. The van der Waals surface area contributed by atoms with E-state index in [2.05, 4.69) is 51.7 Å². The van der Waals surface area contributed by atoms with Crippen molar-refractivity contribution < 1.29 is 4.21 Å². The van der Waals surface area contributed by atoms with Crippen molar-refractivity contribution in [2.75, 3.05) is 11.5 Å². The van der Waals surface area contributed by atoms with Crippen LogP contribution in [0.5, 0.6) is 0 Å². The van der Waals surface area contributed by atoms with Crippen molar-refractivity contribution in [1.82, 2.24) is 0 Å². The number of benzene rings is 2. The Morgan fingerprint density at radius 2 is 1.48 bits per heavy atom. The minimum atomic E-state index is -0.841. The summed E-state index contributed by atoms with van der Waals surface area (Å²) in [4.78, 5) is 2.37. The van der Waals surface area contributed by atoms with E-state index in [0.29, 0.717) is 0 Å². The van der Waals surface area contributed by atoms with Crippen LogP contribution in [0.1, 0.15) is 62.8 Å². The summed E-state index contributed by atoms with van der Waals surface area (Å²) in [5.41, 5.74) is 4.83. The summed E-state index contributed by atoms with van der Waals surface area (Å²) in [6, 6.07) is 12.2. The molecule has 0 N–H and O–H groups in total. The van der Waals surface area contributed by atoms with Crippen LogP contribution in [0.4, 0.5) is 0 Å². The second-order valence-corrected chi connectivity index (χ2v) is 11.6. The van der Waals surface area contributed by atoms with Gasteiger partial charge < -0.3 is 0 Å². The van der Waals surface area contributed by atoms with E-state index in [1.165, 1.54) is 22.6 Å². The lowest BCUT2D eigenvalue weighted by Crippen LogP contribution is -2.27. The van der Waals surface area contributed by atoms with E-state index in [9.17, 15) is 4.21 Å². The first-order chi connectivity index (χ1) is 13.7. The van der Waals surface area contributed by atoms with E-state index in [4.69, 9.17) is 12.8 Å². The van der Waals surface area contributed by atoms with Gasteiger partial charge in [-0.15, -0.1) is 24.6 Å². The van der Waals surface area contributed by atoms with Crippen molar-refractivity contribution in [2.24, 2.45) is 0 Å². The molecule has 2 heterocycles. The molecule has 0 saturated heterocycles. The highest BCUT2D eigenvalue weighted by Gasteiger charge is 2.31. The van der Waals surface area contributed by atoms with Gasteiger partial charge in [-0.1, -0.05) is 39.5 Å². The van der Waals surface area contributed by atoms with Crippen LogP contribution in [0, 0.1) is 24.7 Å². The maximum Gasteiger partial charge on any atom is 0.0532 e. The quantitative estimate of drug-likeness (QED) is 0.494. The van der Waals surface area contributed by atoms with E-state index in [1.54, 1.807) is 0 Å². The van der Waals surface area contributed by atoms with E-state index in [-0.39, 0.29) is 10.8 Å². The number of hydrogen-bond acceptors (Lipinski definition) is 2. The molecule has 2 aromatic rings. The lowest BCUT2D eigenvalue weighted by atomic mass is 9.81. The summed E-state index contributed by atoms with van der Waals surface area (Å²) in [5.74, 6) is 7.31. The van der Waals surface area contributed by atoms with Crippen LogP contribution in [0.2, 0.25) is 0 Å². The minimum Gasteiger partial charge on any atom is -0.254 e. The fourth-order valence-electron chi connectivity index (χ4n) is 3.76. The molecule has 150 valence electrons. The first-order valence-electron chi connectivity index (χ1n) is 9.91. The van der Waals surface area contributed by atoms with Crippen LogP contribution in [0.15, 0.2) is 46.2 Å². The molecule has 0 spiro atoms. The molecule has 1 unspecified atom stereocenters. The monoisotopic (exact) mass is 420 g/mol. The van der Waals surface area contributed by atoms with Crippen molar-refractivity contribution in [3.05, 3.63) is 58.7 Å². The van der Waals surface area contributed by atoms with E-state index >= 15 is 0 Å². The number of rotatable bonds is 0. The normalized spacial score (nSPS) is 20.7. The van der Waals surface area contributed by atoms with Crippen molar-refractivity contribution in [2.45, 2.75) is 61.2 Å². The summed E-state index contributed by atoms with van der Waals surface area (Å²) in [6.07, 6.45) is 13.0. The standard InChI is InChI=1S/C13H14OS.C13H14S/c1-4-10-5-6-12-11(9-10)13(2,3)7-8-15(12)14;1-4-10-5-6-12-11(9-10)13(2,3)7-8-14-12/h1,5-6,9H,7-8H2,2-3H3;1,5-6,9H,7-8H2,2-3H3. The summed E-state index contributed by atoms with van der Waals surface area (Å²) in [6.45, 7) is 8.96. The third-order valence-corrected chi connectivity index (χ3v) is 8.39. The molecule has 1 atom stereocenters. The molecule has 1 nitrogen and oxygen atoms in total. The summed E-state index contributed by atoms with van der Waals surface area (Å²) in [5, 5.41) is 0. The Morgan fingerprint density at radius 3 is 2.14 bits per heavy atom. The highest BCUT2D eigenvalue weighted by Crippen LogP contribution is 2.41. The zero-order valence-electron chi connectivity index (χ0n) is 17.7. The second kappa shape index (κ2) is 8.43. The average molecular weight is 421 g/mol. The van der Waals surface area contributed by atoms with E-state index < -0.39 is 10.8 Å². The predicted molar refractivity (Wildman–Crippen MR) is 126 cm³/mol. The van der Waals surface area contributed by atoms with Gasteiger partial charge in [-0.05, 0) is 76.9 Å². The van der Waals surface area contributed by atoms with Gasteiger partial charge >= 0.3 is 0 Å². The Morgan fingerprint density at radius 1 is 0.897 bits per heavy atom. The topological polar surface area (TPSA) is 17.1 Å². The molecule has 2 aliphatic heterocycles. The van der Waals surface area contributed by atoms with Gasteiger partial charge in [-0.3, -0.25) is 4.21 Å². The fraction of sp³-hybridized carbons (Fsp3) is 0.385. The average Bonchev–Trinajstić information content (AvgIpc) is 2.71. The van der Waals surface area contributed by atoms with Gasteiger partial charge in [-0.2, -0.15) is 0 Å². The van der Waals surface area contributed by atoms with Crippen molar-refractivity contribution in [1.29, 1.82) is 0 Å². The van der Waals surface area contributed by atoms with Crippen LogP contribution >= 0.6 is 11.8 Å². The molecule has 3 heteroatoms. The van der Waals surface area contributed by atoms with Crippen LogP contribution in [-0.2, 0) is 21.6 Å². The molecule has 0 bridgehead atoms. The molecule has 0 radical (unpaired) electrons. The lowest BCUT2D eigenvalue weighted by Gasteiger charge is -2.32. The summed E-state index contributed by atoms with van der Waals surface area (Å²) >= 11 is 1.94. The first kappa shape index (κ1) is 21.8. The van der Waals surface area contributed by atoms with Gasteiger partial charge in [0.2, 0.25) is 0 Å². The van der Waals surface area contributed by atoms with Gasteiger partial charge in [0.15, 0.2) is 0 Å². The molecule has 4 rings (SSSR count). The predicted octanol–water partition coefficient (Wildman–Crippen LogP) is 5.90. The Hall–Kier alpha value is -1.94. The van der Waals surface area contributed by atoms with Gasteiger partial charge in [-0.25, -0.2) is 0 Å². The third-order valence-electron chi connectivity index (χ3n) is 5.89. The SMILES string of the molecule is C#Cc1ccc2c(c1)C(C)(C)CCS2.C#Cc1ccc2c(c1)C(C)(C)CCS2=O. The zero-order valence-corrected chi connectivity index (χ0v) is 19.3. The van der Waals surface area contributed by atoms with Gasteiger partial charge in [0.1, 0.15) is 0 Å². The molecule has 2 aliphatic rings. The van der Waals surface area contributed by atoms with Crippen LogP contribution in [0.3, 0.4) is 0 Å². The van der Waals surface area contributed by atoms with E-state index in [1.807, 2.05) is 36.0 Å². The van der Waals surface area contributed by atoms with Crippen molar-refractivity contribution in [3.63, 3.8) is 0 Å². The summed E-state index contributed by atoms with van der Waals surface area (Å²) in [7, 11) is -0.841. The molecule has 0 aliphatic carbocycles. The maximum atomic E-state index is 11.8. The zero-order chi connectivity index (χ0) is 21.2. The highest BCUT2D eigenvalue weighted by atomic mass is 32.2. The number of terminal acetylenes is 2. The molecule has 0 aromatic heterocycles. The minimum absolute atomic E-state index is 0.0934. The molecule has 0 saturated carbocycles. The number of fused-ring (bicyclic) bond motifs is 2. The second-order valence-electron chi connectivity index (χ2n) is 8.88. The molecular formula is C26H28OS2. The van der Waals surface area contributed by atoms with E-state index in [0.717, 1.165) is 33.8 Å². The Balaban J connectivity index is 0.000000166. The maximum absolute atomic E-state index is 11.8. The van der Waals surface area contributed by atoms with Crippen molar-refractivity contribution in [3.8, 4) is 24.7 Å². The third kappa shape index (κ3) is 4.63. The molecular weight excluding hydrogens is 392 g/mol. The summed E-state index contributed by atoms with van der Waals surface area (Å²) < 4.78 is 11.8. The first-order valence-corrected chi connectivity index (χ1v) is 12.2. The Kier molecular flexibility index (Phi) is 6.33. The smallest absolute Gasteiger partial charge is 0.0532 e. The molecule has 29 heavy (non-hydrogen) atoms. The lowest BCUT2D eigenvalue weighted by molar-refractivity contribution is 0.486. The van der Waals surface area contributed by atoms with Crippen LogP contribution in [-0.4, -0.2) is 15.7 Å². The number of hydrogen-bond donors (Lipinski definition) is 0. The Labute approximate surface area is 182 Å². The van der Waals surface area contributed by atoms with Crippen LogP contribution < -0.4 is 0 Å². The van der Waals surface area contributed by atoms with Crippen LogP contribution in [0.25, 0.3) is 0 Å². The highest BCUT2D eigenvalue weighted by molar-refractivity contribution is 7.99. The van der Waals surface area contributed by atoms with Gasteiger partial charge in [0.25, 0.3) is 0 Å². The van der Waals surface area contributed by atoms with Gasteiger partial charge in [0, 0.05) is 26.7 Å². The fourth-order valence-corrected chi connectivity index (χ4v) is 6.97.